The summed E-state index contributed by atoms with van der Waals surface area (Å²) < 4.78 is 11.8. The molecule has 7 nitrogen and oxygen atoms in total. The summed E-state index contributed by atoms with van der Waals surface area (Å²) in [6.45, 7) is 5.97. The monoisotopic (exact) mass is 499 g/mol. The number of nitriles is 1. The van der Waals surface area contributed by atoms with Crippen LogP contribution in [-0.4, -0.2) is 42.4 Å². The van der Waals surface area contributed by atoms with E-state index in [0.717, 1.165) is 9.13 Å². The Kier molecular flexibility index (Phi) is 7.66. The normalized spacial score (nSPS) is 17.1. The van der Waals surface area contributed by atoms with Crippen molar-refractivity contribution in [3.05, 3.63) is 33.4 Å². The van der Waals surface area contributed by atoms with Gasteiger partial charge in [0.1, 0.15) is 17.2 Å². The molecule has 1 saturated heterocycles. The van der Waals surface area contributed by atoms with Crippen LogP contribution in [0.3, 0.4) is 0 Å². The molecular formula is C20H26IN3O4. The number of carbonyl (C=O) groups excluding carboxylic acids is 2. The van der Waals surface area contributed by atoms with Crippen LogP contribution >= 0.6 is 22.6 Å². The summed E-state index contributed by atoms with van der Waals surface area (Å²) in [5.41, 5.74) is -0.873. The predicted molar refractivity (Wildman–Crippen MR) is 113 cm³/mol. The van der Waals surface area contributed by atoms with Gasteiger partial charge >= 0.3 is 6.09 Å². The molecule has 2 rings (SSSR count). The van der Waals surface area contributed by atoms with Gasteiger partial charge in [0.15, 0.2) is 0 Å². The Hall–Kier alpha value is -1.86. The molecule has 8 heteroatoms. The van der Waals surface area contributed by atoms with E-state index in [9.17, 15) is 14.9 Å². The smallest absolute Gasteiger partial charge is 0.408 e. The van der Waals surface area contributed by atoms with Gasteiger partial charge in [0, 0.05) is 36.0 Å². The topological polar surface area (TPSA) is 100 Å². The summed E-state index contributed by atoms with van der Waals surface area (Å²) in [4.78, 5) is 25.3. The van der Waals surface area contributed by atoms with Crippen molar-refractivity contribution in [1.82, 2.24) is 10.6 Å². The zero-order valence-electron chi connectivity index (χ0n) is 16.4. The molecule has 1 fully saturated rings. The van der Waals surface area contributed by atoms with Gasteiger partial charge in [-0.3, -0.25) is 4.79 Å². The Labute approximate surface area is 179 Å². The van der Waals surface area contributed by atoms with Gasteiger partial charge in [-0.1, -0.05) is 12.1 Å². The Morgan fingerprint density at radius 1 is 1.29 bits per heavy atom. The summed E-state index contributed by atoms with van der Waals surface area (Å²) in [6.07, 6.45) is 0.369. The van der Waals surface area contributed by atoms with Gasteiger partial charge in [0.05, 0.1) is 6.07 Å². The van der Waals surface area contributed by atoms with Crippen LogP contribution < -0.4 is 10.6 Å². The first-order valence-corrected chi connectivity index (χ1v) is 10.3. The van der Waals surface area contributed by atoms with E-state index in [1.54, 1.807) is 20.8 Å². The largest absolute Gasteiger partial charge is 0.444 e. The number of nitrogens with zero attached hydrogens (tertiary/aromatic N) is 1. The van der Waals surface area contributed by atoms with Gasteiger partial charge < -0.3 is 20.1 Å². The lowest BCUT2D eigenvalue weighted by atomic mass is 9.88. The van der Waals surface area contributed by atoms with E-state index in [1.165, 1.54) is 0 Å². The Balaban J connectivity index is 2.09. The maximum absolute atomic E-state index is 13.0. The Bertz CT molecular complexity index is 731. The van der Waals surface area contributed by atoms with Crippen LogP contribution in [0.4, 0.5) is 4.79 Å². The molecule has 1 unspecified atom stereocenters. The third-order valence-corrected chi connectivity index (χ3v) is 5.05. The lowest BCUT2D eigenvalue weighted by Gasteiger charge is -2.37. The van der Waals surface area contributed by atoms with Crippen molar-refractivity contribution in [2.24, 2.45) is 0 Å². The minimum Gasteiger partial charge on any atom is -0.444 e. The van der Waals surface area contributed by atoms with Crippen LogP contribution in [0.15, 0.2) is 24.3 Å². The first-order chi connectivity index (χ1) is 13.1. The molecule has 0 spiro atoms. The highest BCUT2D eigenvalue weighted by molar-refractivity contribution is 14.1. The van der Waals surface area contributed by atoms with E-state index in [1.807, 2.05) is 24.3 Å². The predicted octanol–water partition coefficient (Wildman–Crippen LogP) is 2.92. The summed E-state index contributed by atoms with van der Waals surface area (Å²) in [5, 5.41) is 15.0. The maximum atomic E-state index is 13.0. The van der Waals surface area contributed by atoms with Crippen LogP contribution in [-0.2, 0) is 20.7 Å². The van der Waals surface area contributed by atoms with Crippen LogP contribution in [0.5, 0.6) is 0 Å². The van der Waals surface area contributed by atoms with E-state index < -0.39 is 29.2 Å². The van der Waals surface area contributed by atoms with Crippen molar-refractivity contribution in [1.29, 1.82) is 5.26 Å². The van der Waals surface area contributed by atoms with Crippen LogP contribution in [0.25, 0.3) is 0 Å². The molecule has 1 atom stereocenters. The molecule has 0 saturated carbocycles. The molecule has 0 aromatic heterocycles. The third-order valence-electron chi connectivity index (χ3n) is 4.34. The lowest BCUT2D eigenvalue weighted by Crippen LogP contribution is -2.63. The highest BCUT2D eigenvalue weighted by atomic mass is 127. The molecule has 0 bridgehead atoms. The molecule has 1 heterocycles. The number of carbonyl (C=O) groups is 2. The summed E-state index contributed by atoms with van der Waals surface area (Å²) in [6, 6.07) is 9.21. The number of alkyl carbamates (subject to hydrolysis) is 1. The number of benzene rings is 1. The average Bonchev–Trinajstić information content (AvgIpc) is 2.62. The van der Waals surface area contributed by atoms with Crippen LogP contribution in [0.1, 0.15) is 39.2 Å². The van der Waals surface area contributed by atoms with E-state index in [-0.39, 0.29) is 0 Å². The van der Waals surface area contributed by atoms with Gasteiger partial charge in [-0.25, -0.2) is 4.79 Å². The number of ether oxygens (including phenoxy) is 2. The molecule has 1 aliphatic heterocycles. The SMILES string of the molecule is CC(C)(C)OC(=O)NC1(C(=O)NC(C#N)Cc2ccc(I)cc2)CCOCC1. The molecule has 1 aromatic carbocycles. The lowest BCUT2D eigenvalue weighted by molar-refractivity contribution is -0.132. The van der Waals surface area contributed by atoms with E-state index in [0.29, 0.717) is 32.5 Å². The first-order valence-electron chi connectivity index (χ1n) is 9.17. The number of halogens is 1. The van der Waals surface area contributed by atoms with E-state index in [4.69, 9.17) is 9.47 Å². The quantitative estimate of drug-likeness (QED) is 0.607. The van der Waals surface area contributed by atoms with Crippen molar-refractivity contribution in [2.45, 2.75) is 57.2 Å². The van der Waals surface area contributed by atoms with Crippen molar-refractivity contribution < 1.29 is 19.1 Å². The summed E-state index contributed by atoms with van der Waals surface area (Å²) in [5.74, 6) is -0.390. The number of amides is 2. The van der Waals surface area contributed by atoms with Crippen molar-refractivity contribution in [3.63, 3.8) is 0 Å². The third kappa shape index (κ3) is 6.63. The molecule has 28 heavy (non-hydrogen) atoms. The second kappa shape index (κ2) is 9.56. The van der Waals surface area contributed by atoms with Crippen molar-refractivity contribution in [3.8, 4) is 6.07 Å². The number of rotatable bonds is 5. The summed E-state index contributed by atoms with van der Waals surface area (Å²) in [7, 11) is 0. The number of hydrogen-bond donors (Lipinski definition) is 2. The minimum atomic E-state index is -1.15. The second-order valence-corrected chi connectivity index (χ2v) is 9.05. The van der Waals surface area contributed by atoms with Gasteiger partial charge in [-0.05, 0) is 61.1 Å². The molecule has 0 aliphatic carbocycles. The maximum Gasteiger partial charge on any atom is 0.408 e. The zero-order valence-corrected chi connectivity index (χ0v) is 18.5. The van der Waals surface area contributed by atoms with Gasteiger partial charge in [-0.15, -0.1) is 0 Å². The van der Waals surface area contributed by atoms with E-state index in [2.05, 4.69) is 39.3 Å². The fourth-order valence-electron chi connectivity index (χ4n) is 2.91. The van der Waals surface area contributed by atoms with E-state index >= 15 is 0 Å². The van der Waals surface area contributed by atoms with Crippen molar-refractivity contribution in [2.75, 3.05) is 13.2 Å². The molecule has 1 aliphatic rings. The van der Waals surface area contributed by atoms with Gasteiger partial charge in [0.2, 0.25) is 5.91 Å². The number of hydrogen-bond acceptors (Lipinski definition) is 5. The molecular weight excluding hydrogens is 473 g/mol. The fourth-order valence-corrected chi connectivity index (χ4v) is 3.27. The standard InChI is InChI=1S/C20H26IN3O4/c1-19(2,3)28-18(26)24-20(8-10-27-11-9-20)17(25)23-16(13-22)12-14-4-6-15(21)7-5-14/h4-7,16H,8-12H2,1-3H3,(H,23,25)(H,24,26). The molecule has 0 radical (unpaired) electrons. The average molecular weight is 499 g/mol. The molecule has 2 N–H and O–H groups in total. The van der Waals surface area contributed by atoms with Crippen LogP contribution in [0, 0.1) is 14.9 Å². The Morgan fingerprint density at radius 3 is 2.43 bits per heavy atom. The minimum absolute atomic E-state index is 0.319. The van der Waals surface area contributed by atoms with Gasteiger partial charge in [-0.2, -0.15) is 5.26 Å². The molecule has 2 amide bonds. The van der Waals surface area contributed by atoms with Crippen molar-refractivity contribution >= 4 is 34.6 Å². The molecule has 152 valence electrons. The highest BCUT2D eigenvalue weighted by Crippen LogP contribution is 2.23. The zero-order chi connectivity index (χ0) is 20.8. The fraction of sp³-hybridized carbons (Fsp3) is 0.550. The summed E-state index contributed by atoms with van der Waals surface area (Å²) >= 11 is 2.21. The Morgan fingerprint density at radius 2 is 1.89 bits per heavy atom. The first kappa shape index (κ1) is 22.4. The second-order valence-electron chi connectivity index (χ2n) is 7.81. The molecule has 1 aromatic rings. The highest BCUT2D eigenvalue weighted by Gasteiger charge is 2.43. The number of nitrogens with one attached hydrogen (secondary N) is 2. The van der Waals surface area contributed by atoms with Crippen LogP contribution in [0.2, 0.25) is 0 Å². The van der Waals surface area contributed by atoms with Gasteiger partial charge in [0.25, 0.3) is 0 Å².